The Hall–Kier alpha value is -6.72. The van der Waals surface area contributed by atoms with Gasteiger partial charge in [0.15, 0.2) is 0 Å². The molecule has 0 spiro atoms. The molecule has 5 nitrogen and oxygen atoms in total. The molecule has 4 aromatic heterocycles. The molecular formula is C44H29N5. The Morgan fingerprint density at radius 2 is 0.980 bits per heavy atom. The van der Waals surface area contributed by atoms with E-state index in [-0.39, 0.29) is 0 Å². The summed E-state index contributed by atoms with van der Waals surface area (Å²) in [6.07, 6.45) is 3.66. The fourth-order valence-electron chi connectivity index (χ4n) is 6.56. The van der Waals surface area contributed by atoms with Crippen molar-refractivity contribution in [3.63, 3.8) is 0 Å². The van der Waals surface area contributed by atoms with Gasteiger partial charge in [0.25, 0.3) is 0 Å². The fourth-order valence-corrected chi connectivity index (χ4v) is 6.56. The lowest BCUT2D eigenvalue weighted by Gasteiger charge is -2.13. The minimum Gasteiger partial charge on any atom is -0.290 e. The Bertz CT molecular complexity index is 2500. The maximum atomic E-state index is 5.39. The first-order valence-corrected chi connectivity index (χ1v) is 16.3. The van der Waals surface area contributed by atoms with Crippen molar-refractivity contribution in [1.82, 2.24) is 24.5 Å². The minimum absolute atomic E-state index is 0.861. The lowest BCUT2D eigenvalue weighted by atomic mass is 9.96. The van der Waals surface area contributed by atoms with Gasteiger partial charge in [-0.25, -0.2) is 9.97 Å². The Kier molecular flexibility index (Phi) is 7.06. The molecule has 5 heteroatoms. The van der Waals surface area contributed by atoms with E-state index in [1.54, 1.807) is 0 Å². The van der Waals surface area contributed by atoms with Crippen LogP contribution in [0.1, 0.15) is 0 Å². The van der Waals surface area contributed by atoms with E-state index >= 15 is 0 Å². The molecular weight excluding hydrogens is 599 g/mol. The van der Waals surface area contributed by atoms with Crippen molar-refractivity contribution in [3.8, 4) is 62.0 Å². The maximum absolute atomic E-state index is 5.39. The van der Waals surface area contributed by atoms with Gasteiger partial charge >= 0.3 is 0 Å². The van der Waals surface area contributed by atoms with E-state index < -0.39 is 0 Å². The van der Waals surface area contributed by atoms with Crippen LogP contribution >= 0.6 is 0 Å². The molecule has 9 rings (SSSR count). The van der Waals surface area contributed by atoms with Gasteiger partial charge in [-0.3, -0.25) is 14.5 Å². The molecule has 0 N–H and O–H groups in total. The van der Waals surface area contributed by atoms with Gasteiger partial charge in [0, 0.05) is 45.7 Å². The second-order valence-electron chi connectivity index (χ2n) is 12.0. The summed E-state index contributed by atoms with van der Waals surface area (Å²) in [5.74, 6) is 0.861. The largest absolute Gasteiger partial charge is 0.290 e. The summed E-state index contributed by atoms with van der Waals surface area (Å²) in [4.78, 5) is 19.9. The molecule has 0 saturated heterocycles. The van der Waals surface area contributed by atoms with E-state index in [4.69, 9.17) is 9.97 Å². The summed E-state index contributed by atoms with van der Waals surface area (Å²) in [6, 6.07) is 56.4. The van der Waals surface area contributed by atoms with E-state index in [0.717, 1.165) is 83.9 Å². The van der Waals surface area contributed by atoms with Crippen LogP contribution in [-0.4, -0.2) is 24.5 Å². The topological polar surface area (TPSA) is 56.5 Å². The number of hydrogen-bond donors (Lipinski definition) is 0. The zero-order chi connectivity index (χ0) is 32.6. The standard InChI is InChI=1S/C44H29N5/c1-3-13-31(14-4-1)41-43-42(37-17-7-8-20-40(37)47-41)48-44(49(43)36-15-5-2-6-16-36)32-23-21-30(22-24-32)33-27-34(38-18-9-11-25-45-38)29-35(28-33)39-19-10-12-26-46-39/h1-29H. The first kappa shape index (κ1) is 28.5. The van der Waals surface area contributed by atoms with Crippen molar-refractivity contribution in [2.24, 2.45) is 0 Å². The Morgan fingerprint density at radius 1 is 0.408 bits per heavy atom. The molecule has 0 amide bonds. The molecule has 4 heterocycles. The van der Waals surface area contributed by atoms with Crippen molar-refractivity contribution in [1.29, 1.82) is 0 Å². The van der Waals surface area contributed by atoms with Gasteiger partial charge in [-0.15, -0.1) is 0 Å². The van der Waals surface area contributed by atoms with Gasteiger partial charge in [-0.05, 0) is 71.8 Å². The van der Waals surface area contributed by atoms with Crippen LogP contribution in [0.5, 0.6) is 0 Å². The van der Waals surface area contributed by atoms with E-state index in [1.165, 1.54) is 0 Å². The third-order valence-electron chi connectivity index (χ3n) is 8.89. The molecule has 0 saturated carbocycles. The highest BCUT2D eigenvalue weighted by Gasteiger charge is 2.22. The average Bonchev–Trinajstić information content (AvgIpc) is 3.60. The van der Waals surface area contributed by atoms with E-state index in [2.05, 4.69) is 124 Å². The monoisotopic (exact) mass is 627 g/mol. The molecule has 0 bridgehead atoms. The number of fused-ring (bicyclic) bond motifs is 3. The van der Waals surface area contributed by atoms with E-state index in [9.17, 15) is 0 Å². The van der Waals surface area contributed by atoms with E-state index in [0.29, 0.717) is 0 Å². The molecule has 9 aromatic rings. The van der Waals surface area contributed by atoms with Crippen LogP contribution in [-0.2, 0) is 0 Å². The highest BCUT2D eigenvalue weighted by atomic mass is 15.1. The molecule has 0 radical (unpaired) electrons. The van der Waals surface area contributed by atoms with Crippen molar-refractivity contribution in [2.45, 2.75) is 0 Å². The second-order valence-corrected chi connectivity index (χ2v) is 12.0. The summed E-state index contributed by atoms with van der Waals surface area (Å²) in [5, 5.41) is 1.03. The maximum Gasteiger partial charge on any atom is 0.145 e. The molecule has 5 aromatic carbocycles. The number of imidazole rings is 1. The quantitative estimate of drug-likeness (QED) is 0.184. The van der Waals surface area contributed by atoms with Crippen LogP contribution in [0.15, 0.2) is 176 Å². The molecule has 0 unspecified atom stereocenters. The van der Waals surface area contributed by atoms with Gasteiger partial charge in [0.1, 0.15) is 16.9 Å². The van der Waals surface area contributed by atoms with Crippen LogP contribution in [0.2, 0.25) is 0 Å². The summed E-state index contributed by atoms with van der Waals surface area (Å²) in [7, 11) is 0. The smallest absolute Gasteiger partial charge is 0.145 e. The summed E-state index contributed by atoms with van der Waals surface area (Å²) < 4.78 is 2.26. The molecule has 0 aliphatic carbocycles. The summed E-state index contributed by atoms with van der Waals surface area (Å²) >= 11 is 0. The highest BCUT2D eigenvalue weighted by molar-refractivity contribution is 6.09. The number of nitrogens with zero attached hydrogens (tertiary/aromatic N) is 5. The van der Waals surface area contributed by atoms with Gasteiger partial charge in [0.05, 0.1) is 22.6 Å². The number of hydrogen-bond acceptors (Lipinski definition) is 4. The molecule has 0 aliphatic heterocycles. The predicted octanol–water partition coefficient (Wildman–Crippen LogP) is 10.7. The predicted molar refractivity (Wildman–Crippen MR) is 199 cm³/mol. The second kappa shape index (κ2) is 12.1. The highest BCUT2D eigenvalue weighted by Crippen LogP contribution is 2.38. The first-order chi connectivity index (χ1) is 24.3. The minimum atomic E-state index is 0.861. The first-order valence-electron chi connectivity index (χ1n) is 16.3. The number of para-hydroxylation sites is 2. The van der Waals surface area contributed by atoms with Gasteiger partial charge < -0.3 is 0 Å². The Balaban J connectivity index is 1.24. The molecule has 0 fully saturated rings. The lowest BCUT2D eigenvalue weighted by molar-refractivity contribution is 1.10. The zero-order valence-electron chi connectivity index (χ0n) is 26.5. The molecule has 0 atom stereocenters. The van der Waals surface area contributed by atoms with Crippen molar-refractivity contribution >= 4 is 21.9 Å². The van der Waals surface area contributed by atoms with Crippen molar-refractivity contribution in [2.75, 3.05) is 0 Å². The fraction of sp³-hybridized carbons (Fsp3) is 0. The number of pyridine rings is 3. The SMILES string of the molecule is c1ccc(-c2nc3ccccc3c3nc(-c4ccc(-c5cc(-c6ccccn6)cc(-c6ccccn6)c5)cc4)n(-c4ccccc4)c23)cc1. The van der Waals surface area contributed by atoms with Crippen LogP contribution in [0, 0.1) is 0 Å². The van der Waals surface area contributed by atoms with Crippen LogP contribution < -0.4 is 0 Å². The number of rotatable bonds is 6. The third-order valence-corrected chi connectivity index (χ3v) is 8.89. The van der Waals surface area contributed by atoms with Gasteiger partial charge in [-0.2, -0.15) is 0 Å². The molecule has 0 aliphatic rings. The van der Waals surface area contributed by atoms with Crippen LogP contribution in [0.4, 0.5) is 0 Å². The molecule has 49 heavy (non-hydrogen) atoms. The third kappa shape index (κ3) is 5.24. The Morgan fingerprint density at radius 3 is 1.63 bits per heavy atom. The van der Waals surface area contributed by atoms with Crippen molar-refractivity contribution in [3.05, 3.63) is 176 Å². The van der Waals surface area contributed by atoms with Gasteiger partial charge in [0.2, 0.25) is 0 Å². The van der Waals surface area contributed by atoms with E-state index in [1.807, 2.05) is 67.0 Å². The number of aromatic nitrogens is 5. The summed E-state index contributed by atoms with van der Waals surface area (Å²) in [5.41, 5.74) is 12.9. The number of benzene rings is 5. The average molecular weight is 628 g/mol. The van der Waals surface area contributed by atoms with Crippen LogP contribution in [0.3, 0.4) is 0 Å². The zero-order valence-corrected chi connectivity index (χ0v) is 26.5. The van der Waals surface area contributed by atoms with Crippen LogP contribution in [0.25, 0.3) is 83.9 Å². The normalized spacial score (nSPS) is 11.3. The van der Waals surface area contributed by atoms with Crippen molar-refractivity contribution < 1.29 is 0 Å². The molecule has 230 valence electrons. The summed E-state index contributed by atoms with van der Waals surface area (Å²) in [6.45, 7) is 0. The lowest BCUT2D eigenvalue weighted by Crippen LogP contribution is -2.00. The Labute approximate surface area is 283 Å². The van der Waals surface area contributed by atoms with Gasteiger partial charge in [-0.1, -0.05) is 103 Å².